The Labute approximate surface area is 142 Å². The molecule has 0 aromatic rings. The predicted molar refractivity (Wildman–Crippen MR) is 102 cm³/mol. The summed E-state index contributed by atoms with van der Waals surface area (Å²) in [6.07, 6.45) is 28.3. The fourth-order valence-corrected chi connectivity index (χ4v) is 2.84. The molecule has 0 amide bonds. The Morgan fingerprint density at radius 3 is 1.48 bits per heavy atom. The molecule has 0 aliphatic carbocycles. The first-order valence-electron chi connectivity index (χ1n) is 9.29. The molecular weight excluding hydrogens is 320 g/mol. The van der Waals surface area contributed by atoms with Crippen LogP contribution in [-0.4, -0.2) is 5.33 Å². The maximum absolute atomic E-state index is 3.49. The molecule has 0 rings (SSSR count). The number of allylic oxidation sites excluding steroid dienone is 4. The molecule has 0 bridgehead atoms. The molecule has 0 N–H and O–H groups in total. The van der Waals surface area contributed by atoms with Crippen LogP contribution >= 0.6 is 15.9 Å². The number of unbranched alkanes of at least 4 members (excludes halogenated alkanes) is 12. The minimum Gasteiger partial charge on any atom is -0.0928 e. The monoisotopic (exact) mass is 356 g/mol. The number of halogens is 1. The third-order valence-corrected chi connectivity index (χ3v) is 4.42. The highest BCUT2D eigenvalue weighted by molar-refractivity contribution is 9.09. The first-order valence-corrected chi connectivity index (χ1v) is 10.4. The maximum atomic E-state index is 3.49. The van der Waals surface area contributed by atoms with E-state index in [1.54, 1.807) is 0 Å². The molecule has 0 aliphatic rings. The van der Waals surface area contributed by atoms with Crippen LogP contribution in [0.4, 0.5) is 0 Å². The molecule has 0 aliphatic heterocycles. The average Bonchev–Trinajstić information content (AvgIpc) is 2.50. The lowest BCUT2D eigenvalue weighted by Gasteiger charge is -2.01. The minimum absolute atomic E-state index is 1.18. The van der Waals surface area contributed by atoms with Crippen molar-refractivity contribution in [1.29, 1.82) is 0 Å². The van der Waals surface area contributed by atoms with Gasteiger partial charge in [-0.25, -0.2) is 0 Å². The van der Waals surface area contributed by atoms with Crippen molar-refractivity contribution in [2.75, 3.05) is 5.33 Å². The van der Waals surface area contributed by atoms with Crippen LogP contribution in [0.15, 0.2) is 24.3 Å². The smallest absolute Gasteiger partial charge is 0.00313 e. The van der Waals surface area contributed by atoms with Crippen LogP contribution in [0.2, 0.25) is 0 Å². The van der Waals surface area contributed by atoms with E-state index in [1.807, 2.05) is 0 Å². The first kappa shape index (κ1) is 21.0. The summed E-state index contributed by atoms with van der Waals surface area (Å²) in [5, 5.41) is 1.18. The average molecular weight is 357 g/mol. The number of rotatable bonds is 16. The normalized spacial score (nSPS) is 11.9. The highest BCUT2D eigenvalue weighted by atomic mass is 79.9. The van der Waals surface area contributed by atoms with Gasteiger partial charge in [0.05, 0.1) is 0 Å². The van der Waals surface area contributed by atoms with Gasteiger partial charge in [0.25, 0.3) is 0 Å². The second-order valence-electron chi connectivity index (χ2n) is 6.01. The van der Waals surface area contributed by atoms with Gasteiger partial charge in [0, 0.05) is 5.33 Å². The zero-order valence-electron chi connectivity index (χ0n) is 14.3. The lowest BCUT2D eigenvalue weighted by Crippen LogP contribution is -1.82. The molecule has 0 aromatic carbocycles. The fourth-order valence-electron chi connectivity index (χ4n) is 2.44. The molecule has 0 aromatic heterocycles. The quantitative estimate of drug-likeness (QED) is 0.149. The molecule has 0 radical (unpaired) electrons. The topological polar surface area (TPSA) is 0 Å². The third kappa shape index (κ3) is 20.0. The van der Waals surface area contributed by atoms with Crippen molar-refractivity contribution >= 4 is 15.9 Å². The van der Waals surface area contributed by atoms with Crippen molar-refractivity contribution in [2.24, 2.45) is 0 Å². The first-order chi connectivity index (χ1) is 10.4. The Morgan fingerprint density at radius 1 is 0.571 bits per heavy atom. The summed E-state index contributed by atoms with van der Waals surface area (Å²) in [7, 11) is 0. The van der Waals surface area contributed by atoms with Crippen molar-refractivity contribution in [2.45, 2.75) is 96.8 Å². The molecule has 1 heteroatoms. The van der Waals surface area contributed by atoms with Gasteiger partial charge in [-0.3, -0.25) is 0 Å². The Balaban J connectivity index is 3.08. The summed E-state index contributed by atoms with van der Waals surface area (Å²) >= 11 is 3.49. The summed E-state index contributed by atoms with van der Waals surface area (Å²) in [6, 6.07) is 0. The molecule has 0 atom stereocenters. The molecule has 0 nitrogen and oxygen atoms in total. The molecule has 0 heterocycles. The van der Waals surface area contributed by atoms with Crippen LogP contribution < -0.4 is 0 Å². The largest absolute Gasteiger partial charge is 0.0928 e. The summed E-state index contributed by atoms with van der Waals surface area (Å²) in [5.74, 6) is 0. The minimum atomic E-state index is 1.18. The van der Waals surface area contributed by atoms with Crippen molar-refractivity contribution in [3.63, 3.8) is 0 Å². The van der Waals surface area contributed by atoms with Gasteiger partial charge in [0.15, 0.2) is 0 Å². The van der Waals surface area contributed by atoms with Gasteiger partial charge in [0.1, 0.15) is 0 Å². The van der Waals surface area contributed by atoms with Gasteiger partial charge in [-0.05, 0) is 25.7 Å². The molecule has 124 valence electrons. The summed E-state index contributed by atoms with van der Waals surface area (Å²) < 4.78 is 0. The van der Waals surface area contributed by atoms with Crippen LogP contribution in [0.3, 0.4) is 0 Å². The van der Waals surface area contributed by atoms with Gasteiger partial charge in [-0.15, -0.1) is 0 Å². The van der Waals surface area contributed by atoms with E-state index in [4.69, 9.17) is 0 Å². The van der Waals surface area contributed by atoms with Crippen LogP contribution in [0, 0.1) is 0 Å². The van der Waals surface area contributed by atoms with Gasteiger partial charge >= 0.3 is 0 Å². The number of hydrogen-bond donors (Lipinski definition) is 0. The van der Waals surface area contributed by atoms with Crippen LogP contribution in [0.1, 0.15) is 96.8 Å². The lowest BCUT2D eigenvalue weighted by molar-refractivity contribution is 0.558. The van der Waals surface area contributed by atoms with Gasteiger partial charge < -0.3 is 0 Å². The van der Waals surface area contributed by atoms with E-state index >= 15 is 0 Å². The Kier molecular flexibility index (Phi) is 19.9. The second kappa shape index (κ2) is 20.0. The summed E-state index contributed by atoms with van der Waals surface area (Å²) in [6.45, 7) is 2.24. The van der Waals surface area contributed by atoms with Crippen molar-refractivity contribution < 1.29 is 0 Å². The highest BCUT2D eigenvalue weighted by Gasteiger charge is 1.92. The summed E-state index contributed by atoms with van der Waals surface area (Å²) in [4.78, 5) is 0. The van der Waals surface area contributed by atoms with E-state index in [0.29, 0.717) is 0 Å². The second-order valence-corrected chi connectivity index (χ2v) is 6.80. The van der Waals surface area contributed by atoms with Crippen molar-refractivity contribution in [3.05, 3.63) is 24.3 Å². The van der Waals surface area contributed by atoms with E-state index in [1.165, 1.54) is 95.2 Å². The maximum Gasteiger partial charge on any atom is 0.00313 e. The molecule has 0 saturated heterocycles. The van der Waals surface area contributed by atoms with Crippen molar-refractivity contribution in [3.8, 4) is 0 Å². The zero-order valence-corrected chi connectivity index (χ0v) is 15.9. The van der Waals surface area contributed by atoms with Crippen molar-refractivity contribution in [1.82, 2.24) is 0 Å². The molecule has 21 heavy (non-hydrogen) atoms. The van der Waals surface area contributed by atoms with E-state index in [0.717, 1.165) is 0 Å². The lowest BCUT2D eigenvalue weighted by atomic mass is 10.1. The zero-order chi connectivity index (χ0) is 15.4. The molecule has 0 fully saturated rings. The van der Waals surface area contributed by atoms with Crippen LogP contribution in [0.25, 0.3) is 0 Å². The SMILES string of the molecule is CCCC/C=C/C=C/CCCCCCCCCCCCBr. The van der Waals surface area contributed by atoms with E-state index in [2.05, 4.69) is 47.2 Å². The molecule has 0 unspecified atom stereocenters. The van der Waals surface area contributed by atoms with Gasteiger partial charge in [-0.1, -0.05) is 111 Å². The molecule has 0 saturated carbocycles. The molecular formula is C20H37Br. The van der Waals surface area contributed by atoms with E-state index < -0.39 is 0 Å². The van der Waals surface area contributed by atoms with Gasteiger partial charge in [-0.2, -0.15) is 0 Å². The van der Waals surface area contributed by atoms with Crippen LogP contribution in [0.5, 0.6) is 0 Å². The standard InChI is InChI=1S/C20H37Br/c1-2-3-4-5-6-7-8-9-10-11-12-13-14-15-16-17-18-19-20-21/h5-8H,2-4,9-20H2,1H3/b6-5+,8-7+. The van der Waals surface area contributed by atoms with E-state index in [9.17, 15) is 0 Å². The predicted octanol–water partition coefficient (Wildman–Crippen LogP) is 7.98. The number of hydrogen-bond acceptors (Lipinski definition) is 0. The Morgan fingerprint density at radius 2 is 1.00 bits per heavy atom. The molecule has 0 spiro atoms. The number of alkyl halides is 1. The van der Waals surface area contributed by atoms with Gasteiger partial charge in [0.2, 0.25) is 0 Å². The highest BCUT2D eigenvalue weighted by Crippen LogP contribution is 2.11. The third-order valence-electron chi connectivity index (χ3n) is 3.86. The fraction of sp³-hybridized carbons (Fsp3) is 0.800. The van der Waals surface area contributed by atoms with E-state index in [-0.39, 0.29) is 0 Å². The summed E-state index contributed by atoms with van der Waals surface area (Å²) in [5.41, 5.74) is 0. The Bertz CT molecular complexity index is 230. The Hall–Kier alpha value is -0.0400. The van der Waals surface area contributed by atoms with Crippen LogP contribution in [-0.2, 0) is 0 Å².